The summed E-state index contributed by atoms with van der Waals surface area (Å²) in [5.74, 6) is -1.21. The molecule has 0 amide bonds. The molecule has 0 saturated carbocycles. The van der Waals surface area contributed by atoms with E-state index < -0.39 is 5.97 Å². The largest absolute Gasteiger partial charge is 0.481 e. The molecule has 0 aromatic rings. The first-order valence-corrected chi connectivity index (χ1v) is 2.73. The predicted octanol–water partition coefficient (Wildman–Crippen LogP) is -0.972. The first kappa shape index (κ1) is 8.39. The fourth-order valence-corrected chi connectivity index (χ4v) is 0.469. The summed E-state index contributed by atoms with van der Waals surface area (Å²) in [6.07, 6.45) is -0.0486. The fourth-order valence-electron chi connectivity index (χ4n) is 0.469. The molecule has 1 unspecified atom stereocenters. The summed E-state index contributed by atoms with van der Waals surface area (Å²) in [6.45, 7) is 0.0750. The summed E-state index contributed by atoms with van der Waals surface area (Å²) in [5, 5.41) is 16.6. The molecule has 54 valence electrons. The van der Waals surface area contributed by atoms with Crippen molar-refractivity contribution >= 4 is 5.97 Å². The third kappa shape index (κ3) is 3.93. The Morgan fingerprint density at radius 2 is 2.22 bits per heavy atom. The first-order valence-electron chi connectivity index (χ1n) is 2.73. The van der Waals surface area contributed by atoms with E-state index in [-0.39, 0.29) is 25.5 Å². The number of carbonyl (C=O) groups is 1. The van der Waals surface area contributed by atoms with Crippen LogP contribution in [0.1, 0.15) is 6.42 Å². The molecular formula is C5H11NO3. The van der Waals surface area contributed by atoms with Gasteiger partial charge in [-0.15, -0.1) is 0 Å². The molecule has 0 aliphatic rings. The lowest BCUT2D eigenvalue weighted by molar-refractivity contribution is -0.138. The van der Waals surface area contributed by atoms with Gasteiger partial charge in [-0.05, 0) is 6.54 Å². The molecule has 0 saturated heterocycles. The Balaban J connectivity index is 3.43. The Bertz CT molecular complexity index is 90.2. The van der Waals surface area contributed by atoms with Gasteiger partial charge in [0.25, 0.3) is 0 Å². The minimum absolute atomic E-state index is 0.0486. The van der Waals surface area contributed by atoms with Gasteiger partial charge in [-0.25, -0.2) is 0 Å². The Hall–Kier alpha value is -0.610. The number of aliphatic hydroxyl groups excluding tert-OH is 1. The van der Waals surface area contributed by atoms with E-state index in [4.69, 9.17) is 15.9 Å². The Morgan fingerprint density at radius 1 is 1.67 bits per heavy atom. The second kappa shape index (κ2) is 4.29. The zero-order valence-electron chi connectivity index (χ0n) is 5.08. The molecule has 0 radical (unpaired) electrons. The maximum atomic E-state index is 9.96. The highest BCUT2D eigenvalue weighted by Crippen LogP contribution is 1.97. The smallest absolute Gasteiger partial charge is 0.303 e. The monoisotopic (exact) mass is 133 g/mol. The van der Waals surface area contributed by atoms with Gasteiger partial charge in [0.2, 0.25) is 0 Å². The van der Waals surface area contributed by atoms with Crippen molar-refractivity contribution in [3.63, 3.8) is 0 Å². The maximum absolute atomic E-state index is 9.96. The molecule has 0 aliphatic carbocycles. The zero-order chi connectivity index (χ0) is 7.28. The van der Waals surface area contributed by atoms with Crippen molar-refractivity contribution in [2.45, 2.75) is 6.42 Å². The standard InChI is InChI=1S/C5H11NO3/c6-2-4(3-7)1-5(8)9/h4,7H,1-3,6H2,(H,8,9). The number of hydrogen-bond acceptors (Lipinski definition) is 3. The highest BCUT2D eigenvalue weighted by molar-refractivity contribution is 5.67. The van der Waals surface area contributed by atoms with E-state index in [0.29, 0.717) is 0 Å². The van der Waals surface area contributed by atoms with Crippen molar-refractivity contribution in [3.8, 4) is 0 Å². The van der Waals surface area contributed by atoms with Gasteiger partial charge in [0, 0.05) is 12.5 Å². The molecule has 0 aromatic heterocycles. The van der Waals surface area contributed by atoms with Crippen molar-refractivity contribution in [2.75, 3.05) is 13.2 Å². The van der Waals surface area contributed by atoms with Crippen molar-refractivity contribution in [1.29, 1.82) is 0 Å². The summed E-state index contributed by atoms with van der Waals surface area (Å²) in [4.78, 5) is 9.96. The lowest BCUT2D eigenvalue weighted by Crippen LogP contribution is -2.21. The average molecular weight is 133 g/mol. The van der Waals surface area contributed by atoms with Gasteiger partial charge in [0.1, 0.15) is 0 Å². The second-order valence-electron chi connectivity index (χ2n) is 1.88. The Kier molecular flexibility index (Phi) is 4.00. The molecule has 0 fully saturated rings. The van der Waals surface area contributed by atoms with Gasteiger partial charge in [-0.3, -0.25) is 4.79 Å². The summed E-state index contributed by atoms with van der Waals surface area (Å²) < 4.78 is 0. The Morgan fingerprint density at radius 3 is 2.33 bits per heavy atom. The van der Waals surface area contributed by atoms with Crippen LogP contribution >= 0.6 is 0 Å². The van der Waals surface area contributed by atoms with E-state index in [0.717, 1.165) is 0 Å². The van der Waals surface area contributed by atoms with Crippen LogP contribution in [0, 0.1) is 5.92 Å². The van der Waals surface area contributed by atoms with Crippen LogP contribution < -0.4 is 5.73 Å². The van der Waals surface area contributed by atoms with Gasteiger partial charge in [0.05, 0.1) is 6.42 Å². The van der Waals surface area contributed by atoms with Gasteiger partial charge in [-0.2, -0.15) is 0 Å². The molecule has 4 N–H and O–H groups in total. The normalized spacial score (nSPS) is 13.1. The molecule has 1 atom stereocenters. The van der Waals surface area contributed by atoms with E-state index >= 15 is 0 Å². The van der Waals surface area contributed by atoms with Crippen molar-refractivity contribution < 1.29 is 15.0 Å². The molecular weight excluding hydrogens is 122 g/mol. The number of carboxylic acid groups (broad SMARTS) is 1. The Labute approximate surface area is 53.3 Å². The number of carboxylic acids is 1. The van der Waals surface area contributed by atoms with Crippen LogP contribution in [0.2, 0.25) is 0 Å². The van der Waals surface area contributed by atoms with Crippen LogP contribution in [0.3, 0.4) is 0 Å². The maximum Gasteiger partial charge on any atom is 0.303 e. The number of rotatable bonds is 4. The predicted molar refractivity (Wildman–Crippen MR) is 31.9 cm³/mol. The fraction of sp³-hybridized carbons (Fsp3) is 0.800. The number of hydrogen-bond donors (Lipinski definition) is 3. The quantitative estimate of drug-likeness (QED) is 0.460. The van der Waals surface area contributed by atoms with Gasteiger partial charge >= 0.3 is 5.97 Å². The number of aliphatic hydroxyl groups is 1. The van der Waals surface area contributed by atoms with E-state index in [9.17, 15) is 4.79 Å². The minimum atomic E-state index is -0.917. The third-order valence-corrected chi connectivity index (χ3v) is 1.05. The third-order valence-electron chi connectivity index (χ3n) is 1.05. The molecule has 0 aliphatic heterocycles. The minimum Gasteiger partial charge on any atom is -0.481 e. The van der Waals surface area contributed by atoms with E-state index in [1.807, 2.05) is 0 Å². The lowest BCUT2D eigenvalue weighted by atomic mass is 10.1. The van der Waals surface area contributed by atoms with Gasteiger partial charge < -0.3 is 15.9 Å². The van der Waals surface area contributed by atoms with E-state index in [2.05, 4.69) is 0 Å². The first-order chi connectivity index (χ1) is 4.20. The molecule has 0 aromatic carbocycles. The van der Waals surface area contributed by atoms with Crippen molar-refractivity contribution in [3.05, 3.63) is 0 Å². The molecule has 4 nitrogen and oxygen atoms in total. The molecule has 9 heavy (non-hydrogen) atoms. The lowest BCUT2D eigenvalue weighted by Gasteiger charge is -2.05. The van der Waals surface area contributed by atoms with Crippen LogP contribution in [-0.2, 0) is 4.79 Å². The topological polar surface area (TPSA) is 83.5 Å². The molecule has 0 heterocycles. The summed E-state index contributed by atoms with van der Waals surface area (Å²) >= 11 is 0. The SMILES string of the molecule is NCC(CO)CC(=O)O. The molecule has 0 bridgehead atoms. The molecule has 0 spiro atoms. The van der Waals surface area contributed by atoms with Crippen molar-refractivity contribution in [2.24, 2.45) is 11.7 Å². The summed E-state index contributed by atoms with van der Waals surface area (Å²) in [6, 6.07) is 0. The van der Waals surface area contributed by atoms with E-state index in [1.54, 1.807) is 0 Å². The molecule has 0 rings (SSSR count). The number of nitrogens with two attached hydrogens (primary N) is 1. The van der Waals surface area contributed by atoms with Crippen LogP contribution in [0.15, 0.2) is 0 Å². The van der Waals surface area contributed by atoms with Crippen molar-refractivity contribution in [1.82, 2.24) is 0 Å². The molecule has 4 heteroatoms. The zero-order valence-corrected chi connectivity index (χ0v) is 5.08. The van der Waals surface area contributed by atoms with Gasteiger partial charge in [0.15, 0.2) is 0 Å². The highest BCUT2D eigenvalue weighted by Gasteiger charge is 2.08. The van der Waals surface area contributed by atoms with Crippen LogP contribution in [0.4, 0.5) is 0 Å². The summed E-state index contributed by atoms with van der Waals surface area (Å²) in [7, 11) is 0. The number of aliphatic carboxylic acids is 1. The van der Waals surface area contributed by atoms with Crippen LogP contribution in [0.5, 0.6) is 0 Å². The van der Waals surface area contributed by atoms with Crippen LogP contribution in [-0.4, -0.2) is 29.3 Å². The van der Waals surface area contributed by atoms with E-state index in [1.165, 1.54) is 0 Å². The second-order valence-corrected chi connectivity index (χ2v) is 1.88. The van der Waals surface area contributed by atoms with Crippen LogP contribution in [0.25, 0.3) is 0 Å². The average Bonchev–Trinajstić information content (AvgIpc) is 1.82. The highest BCUT2D eigenvalue weighted by atomic mass is 16.4. The van der Waals surface area contributed by atoms with Gasteiger partial charge in [-0.1, -0.05) is 0 Å². The summed E-state index contributed by atoms with van der Waals surface area (Å²) in [5.41, 5.74) is 5.11.